The molecule has 2 rings (SSSR count). The Morgan fingerprint density at radius 1 is 1.59 bits per heavy atom. The normalized spacial score (nSPS) is 21.3. The molecule has 0 bridgehead atoms. The zero-order chi connectivity index (χ0) is 12.6. The molecule has 1 saturated heterocycles. The van der Waals surface area contributed by atoms with Crippen LogP contribution >= 0.6 is 0 Å². The number of carboxylic acid groups (broad SMARTS) is 1. The molecule has 17 heavy (non-hydrogen) atoms. The Bertz CT molecular complexity index is 425. The van der Waals surface area contributed by atoms with Crippen LogP contribution in [0.25, 0.3) is 0 Å². The van der Waals surface area contributed by atoms with Crippen LogP contribution in [0.2, 0.25) is 0 Å². The second-order valence-corrected chi connectivity index (χ2v) is 4.96. The van der Waals surface area contributed by atoms with Gasteiger partial charge in [0, 0.05) is 25.6 Å². The molecule has 1 aromatic heterocycles. The van der Waals surface area contributed by atoms with Gasteiger partial charge in [0.2, 0.25) is 0 Å². The highest BCUT2D eigenvalue weighted by Gasteiger charge is 2.28. The molecule has 1 N–H and O–H groups in total. The molecule has 1 atom stereocenters. The molecule has 0 amide bonds. The molecule has 1 fully saturated rings. The van der Waals surface area contributed by atoms with Crippen molar-refractivity contribution in [2.24, 2.45) is 7.05 Å². The molecule has 1 aromatic rings. The summed E-state index contributed by atoms with van der Waals surface area (Å²) < 4.78 is 1.45. The number of aryl methyl sites for hydroxylation is 1. The van der Waals surface area contributed by atoms with Crippen molar-refractivity contribution < 1.29 is 9.90 Å². The van der Waals surface area contributed by atoms with E-state index in [0.717, 1.165) is 25.2 Å². The highest BCUT2D eigenvalue weighted by atomic mass is 16.4. The lowest BCUT2D eigenvalue weighted by molar-refractivity contribution is 0.0685. The van der Waals surface area contributed by atoms with Crippen LogP contribution in [0.5, 0.6) is 0 Å². The Hall–Kier alpha value is -1.36. The highest BCUT2D eigenvalue weighted by Crippen LogP contribution is 2.27. The van der Waals surface area contributed by atoms with Crippen LogP contribution in [-0.2, 0) is 7.05 Å². The SMILES string of the molecule is CC(C)N1CCC(c2cc(C(=O)O)n(C)n2)C1. The third-order valence-corrected chi connectivity index (χ3v) is 3.49. The number of carbonyl (C=O) groups is 1. The van der Waals surface area contributed by atoms with Crippen molar-refractivity contribution in [1.82, 2.24) is 14.7 Å². The number of aromatic carboxylic acids is 1. The van der Waals surface area contributed by atoms with Gasteiger partial charge >= 0.3 is 5.97 Å². The van der Waals surface area contributed by atoms with Crippen LogP contribution in [0, 0.1) is 0 Å². The second kappa shape index (κ2) is 4.49. The van der Waals surface area contributed by atoms with Crippen LogP contribution in [0.3, 0.4) is 0 Å². The van der Waals surface area contributed by atoms with Gasteiger partial charge in [0.25, 0.3) is 0 Å². The first-order valence-corrected chi connectivity index (χ1v) is 6.00. The van der Waals surface area contributed by atoms with Gasteiger partial charge in [0.05, 0.1) is 5.69 Å². The van der Waals surface area contributed by atoms with Crippen molar-refractivity contribution in [1.29, 1.82) is 0 Å². The van der Waals surface area contributed by atoms with E-state index in [-0.39, 0.29) is 5.69 Å². The fourth-order valence-corrected chi connectivity index (χ4v) is 2.39. The van der Waals surface area contributed by atoms with E-state index in [4.69, 9.17) is 5.11 Å². The van der Waals surface area contributed by atoms with Crippen molar-refractivity contribution in [2.75, 3.05) is 13.1 Å². The van der Waals surface area contributed by atoms with Crippen molar-refractivity contribution in [3.8, 4) is 0 Å². The van der Waals surface area contributed by atoms with Gasteiger partial charge in [-0.2, -0.15) is 5.10 Å². The van der Waals surface area contributed by atoms with Crippen molar-refractivity contribution in [3.63, 3.8) is 0 Å². The molecular formula is C12H19N3O2. The third kappa shape index (κ3) is 2.34. The summed E-state index contributed by atoms with van der Waals surface area (Å²) in [4.78, 5) is 13.4. The predicted octanol–water partition coefficient (Wildman–Crippen LogP) is 1.32. The van der Waals surface area contributed by atoms with Gasteiger partial charge in [-0.1, -0.05) is 0 Å². The molecule has 0 aromatic carbocycles. The van der Waals surface area contributed by atoms with Gasteiger partial charge in [-0.05, 0) is 32.9 Å². The lowest BCUT2D eigenvalue weighted by atomic mass is 10.1. The minimum atomic E-state index is -0.912. The standard InChI is InChI=1S/C12H19N3O2/c1-8(2)15-5-4-9(7-15)10-6-11(12(16)17)14(3)13-10/h6,8-9H,4-5,7H2,1-3H3,(H,16,17). The quantitative estimate of drug-likeness (QED) is 0.861. The van der Waals surface area contributed by atoms with Gasteiger partial charge in [-0.3, -0.25) is 4.68 Å². The molecule has 0 aliphatic carbocycles. The monoisotopic (exact) mass is 237 g/mol. The molecular weight excluding hydrogens is 218 g/mol. The zero-order valence-corrected chi connectivity index (χ0v) is 10.6. The van der Waals surface area contributed by atoms with E-state index in [9.17, 15) is 4.79 Å². The first kappa shape index (κ1) is 12.1. The van der Waals surface area contributed by atoms with Crippen molar-refractivity contribution in [3.05, 3.63) is 17.5 Å². The minimum Gasteiger partial charge on any atom is -0.477 e. The Balaban J connectivity index is 2.14. The second-order valence-electron chi connectivity index (χ2n) is 4.96. The maximum absolute atomic E-state index is 11.0. The van der Waals surface area contributed by atoms with Crippen molar-refractivity contribution in [2.45, 2.75) is 32.2 Å². The van der Waals surface area contributed by atoms with E-state index >= 15 is 0 Å². The summed E-state index contributed by atoms with van der Waals surface area (Å²) >= 11 is 0. The Morgan fingerprint density at radius 3 is 2.76 bits per heavy atom. The fraction of sp³-hybridized carbons (Fsp3) is 0.667. The number of hydrogen-bond acceptors (Lipinski definition) is 3. The Labute approximate surface area is 101 Å². The average molecular weight is 237 g/mol. The molecule has 0 radical (unpaired) electrons. The molecule has 1 aliphatic rings. The van der Waals surface area contributed by atoms with Gasteiger partial charge < -0.3 is 10.0 Å². The third-order valence-electron chi connectivity index (χ3n) is 3.49. The molecule has 0 saturated carbocycles. The predicted molar refractivity (Wildman–Crippen MR) is 64.2 cm³/mol. The molecule has 94 valence electrons. The smallest absolute Gasteiger partial charge is 0.354 e. The van der Waals surface area contributed by atoms with E-state index in [2.05, 4.69) is 23.8 Å². The van der Waals surface area contributed by atoms with Crippen LogP contribution in [-0.4, -0.2) is 44.9 Å². The molecule has 1 aliphatic heterocycles. The summed E-state index contributed by atoms with van der Waals surface area (Å²) in [6.07, 6.45) is 1.06. The number of rotatable bonds is 3. The van der Waals surface area contributed by atoms with Crippen LogP contribution < -0.4 is 0 Å². The molecule has 0 spiro atoms. The maximum Gasteiger partial charge on any atom is 0.354 e. The molecule has 1 unspecified atom stereocenters. The Kier molecular flexibility index (Phi) is 3.19. The van der Waals surface area contributed by atoms with Crippen molar-refractivity contribution >= 4 is 5.97 Å². The summed E-state index contributed by atoms with van der Waals surface area (Å²) in [6, 6.07) is 2.25. The number of nitrogens with zero attached hydrogens (tertiary/aromatic N) is 3. The Morgan fingerprint density at radius 2 is 2.29 bits per heavy atom. The van der Waals surface area contributed by atoms with Gasteiger partial charge in [-0.25, -0.2) is 4.79 Å². The number of hydrogen-bond donors (Lipinski definition) is 1. The summed E-state index contributed by atoms with van der Waals surface area (Å²) in [5, 5.41) is 13.3. The van der Waals surface area contributed by atoms with E-state index < -0.39 is 5.97 Å². The first-order chi connectivity index (χ1) is 7.99. The van der Waals surface area contributed by atoms with Gasteiger partial charge in [-0.15, -0.1) is 0 Å². The highest BCUT2D eigenvalue weighted by molar-refractivity contribution is 5.85. The van der Waals surface area contributed by atoms with E-state index in [1.165, 1.54) is 4.68 Å². The number of likely N-dealkylation sites (tertiary alicyclic amines) is 1. The van der Waals surface area contributed by atoms with E-state index in [1.807, 2.05) is 0 Å². The lowest BCUT2D eigenvalue weighted by Gasteiger charge is -2.19. The summed E-state index contributed by atoms with van der Waals surface area (Å²) in [5.74, 6) is -0.540. The van der Waals surface area contributed by atoms with E-state index in [1.54, 1.807) is 13.1 Å². The average Bonchev–Trinajstić information content (AvgIpc) is 2.82. The fourth-order valence-electron chi connectivity index (χ4n) is 2.39. The lowest BCUT2D eigenvalue weighted by Crippen LogP contribution is -2.27. The summed E-state index contributed by atoms with van der Waals surface area (Å²) in [7, 11) is 1.68. The summed E-state index contributed by atoms with van der Waals surface area (Å²) in [5.41, 5.74) is 1.18. The first-order valence-electron chi connectivity index (χ1n) is 6.00. The summed E-state index contributed by atoms with van der Waals surface area (Å²) in [6.45, 7) is 6.42. The zero-order valence-electron chi connectivity index (χ0n) is 10.6. The maximum atomic E-state index is 11.0. The van der Waals surface area contributed by atoms with Gasteiger partial charge in [0.15, 0.2) is 0 Å². The molecule has 5 heteroatoms. The number of aromatic nitrogens is 2. The largest absolute Gasteiger partial charge is 0.477 e. The minimum absolute atomic E-state index is 0.267. The molecule has 5 nitrogen and oxygen atoms in total. The van der Waals surface area contributed by atoms with Crippen LogP contribution in [0.1, 0.15) is 42.4 Å². The van der Waals surface area contributed by atoms with Crippen LogP contribution in [0.15, 0.2) is 6.07 Å². The van der Waals surface area contributed by atoms with E-state index in [0.29, 0.717) is 12.0 Å². The topological polar surface area (TPSA) is 58.4 Å². The number of carboxylic acids is 1. The van der Waals surface area contributed by atoms with Gasteiger partial charge in [0.1, 0.15) is 5.69 Å². The molecule has 2 heterocycles. The van der Waals surface area contributed by atoms with Crippen LogP contribution in [0.4, 0.5) is 0 Å².